The van der Waals surface area contributed by atoms with Gasteiger partial charge >= 0.3 is 0 Å². The number of carbonyl (C=O) groups is 2. The van der Waals surface area contributed by atoms with Crippen molar-refractivity contribution in [3.05, 3.63) is 70.1 Å². The zero-order valence-corrected chi connectivity index (χ0v) is 17.3. The highest BCUT2D eigenvalue weighted by Crippen LogP contribution is 2.13. The first-order valence-electron chi connectivity index (χ1n) is 10.2. The summed E-state index contributed by atoms with van der Waals surface area (Å²) >= 11 is 0. The molecular weight excluding hydrogens is 380 g/mol. The molecule has 0 bridgehead atoms. The fourth-order valence-electron chi connectivity index (χ4n) is 3.25. The van der Waals surface area contributed by atoms with Gasteiger partial charge in [-0.2, -0.15) is 0 Å². The zero-order valence-electron chi connectivity index (χ0n) is 17.3. The fraction of sp³-hybridized carbons (Fsp3) is 0.304. The van der Waals surface area contributed by atoms with Gasteiger partial charge in [0.05, 0.1) is 11.0 Å². The molecule has 0 saturated carbocycles. The Labute approximate surface area is 175 Å². The van der Waals surface area contributed by atoms with Gasteiger partial charge in [0.15, 0.2) is 0 Å². The number of aromatic nitrogens is 2. The monoisotopic (exact) mass is 406 g/mol. The van der Waals surface area contributed by atoms with Crippen LogP contribution in [0.2, 0.25) is 0 Å². The first kappa shape index (κ1) is 21.2. The molecule has 7 heteroatoms. The molecule has 0 aliphatic rings. The Morgan fingerprint density at radius 1 is 1.00 bits per heavy atom. The van der Waals surface area contributed by atoms with E-state index in [1.165, 1.54) is 10.1 Å². The molecule has 0 atom stereocenters. The lowest BCUT2D eigenvalue weighted by Gasteiger charge is -2.13. The number of hydrogen-bond donors (Lipinski definition) is 2. The molecule has 2 amide bonds. The standard InChI is InChI=1S/C23H26N4O3/c1-3-16-9-11-17(12-10-16)25-22(29)15-27-20-8-6-5-7-18(20)26-19(23(27)30)13-14-21(28)24-4-2/h5-12H,3-4,13-15H2,1-2H3,(H,24,28)(H,25,29). The van der Waals surface area contributed by atoms with Gasteiger partial charge in [0.1, 0.15) is 12.2 Å². The lowest BCUT2D eigenvalue weighted by molar-refractivity contribution is -0.121. The minimum atomic E-state index is -0.352. The van der Waals surface area contributed by atoms with Crippen LogP contribution in [0.3, 0.4) is 0 Å². The van der Waals surface area contributed by atoms with Crippen molar-refractivity contribution in [2.45, 2.75) is 39.7 Å². The first-order valence-corrected chi connectivity index (χ1v) is 10.2. The fourth-order valence-corrected chi connectivity index (χ4v) is 3.25. The molecule has 3 aromatic rings. The van der Waals surface area contributed by atoms with E-state index >= 15 is 0 Å². The Morgan fingerprint density at radius 3 is 2.43 bits per heavy atom. The molecule has 0 aliphatic heterocycles. The lowest BCUT2D eigenvalue weighted by Crippen LogP contribution is -2.32. The maximum atomic E-state index is 13.0. The smallest absolute Gasteiger partial charge is 0.273 e. The van der Waals surface area contributed by atoms with Crippen LogP contribution in [-0.4, -0.2) is 27.9 Å². The maximum Gasteiger partial charge on any atom is 0.273 e. The number of para-hydroxylation sites is 2. The second-order valence-corrected chi connectivity index (χ2v) is 6.99. The quantitative estimate of drug-likeness (QED) is 0.601. The number of anilines is 1. The van der Waals surface area contributed by atoms with Crippen molar-refractivity contribution in [1.82, 2.24) is 14.9 Å². The van der Waals surface area contributed by atoms with Gasteiger partial charge in [-0.15, -0.1) is 0 Å². The third kappa shape index (κ3) is 5.11. The molecule has 0 spiro atoms. The van der Waals surface area contributed by atoms with E-state index in [0.29, 0.717) is 23.3 Å². The average Bonchev–Trinajstić information content (AvgIpc) is 2.75. The number of fused-ring (bicyclic) bond motifs is 1. The predicted molar refractivity (Wildman–Crippen MR) is 117 cm³/mol. The molecule has 2 N–H and O–H groups in total. The Balaban J connectivity index is 1.85. The SMILES string of the molecule is CCNC(=O)CCc1nc2ccccc2n(CC(=O)Nc2ccc(CC)cc2)c1=O. The van der Waals surface area contributed by atoms with Crippen molar-refractivity contribution in [3.63, 3.8) is 0 Å². The van der Waals surface area contributed by atoms with Gasteiger partial charge in [-0.1, -0.05) is 31.2 Å². The average molecular weight is 406 g/mol. The number of nitrogens with zero attached hydrogens (tertiary/aromatic N) is 2. The van der Waals surface area contributed by atoms with Crippen LogP contribution in [0.4, 0.5) is 5.69 Å². The normalized spacial score (nSPS) is 10.7. The van der Waals surface area contributed by atoms with Crippen molar-refractivity contribution < 1.29 is 9.59 Å². The van der Waals surface area contributed by atoms with Gasteiger partial charge in [0, 0.05) is 25.1 Å². The highest BCUT2D eigenvalue weighted by atomic mass is 16.2. The molecule has 0 radical (unpaired) electrons. The molecule has 3 rings (SSSR count). The highest BCUT2D eigenvalue weighted by molar-refractivity contribution is 5.91. The number of benzene rings is 2. The minimum absolute atomic E-state index is 0.133. The van der Waals surface area contributed by atoms with Gasteiger partial charge in [-0.25, -0.2) is 4.98 Å². The summed E-state index contributed by atoms with van der Waals surface area (Å²) in [4.78, 5) is 41.9. The predicted octanol–water partition coefficient (Wildman–Crippen LogP) is 2.67. The van der Waals surface area contributed by atoms with Crippen molar-refractivity contribution >= 4 is 28.5 Å². The van der Waals surface area contributed by atoms with Gasteiger partial charge in [0.2, 0.25) is 11.8 Å². The molecule has 0 fully saturated rings. The van der Waals surface area contributed by atoms with E-state index in [-0.39, 0.29) is 42.5 Å². The number of amides is 2. The Kier molecular flexibility index (Phi) is 6.95. The minimum Gasteiger partial charge on any atom is -0.356 e. The molecule has 0 saturated heterocycles. The molecule has 156 valence electrons. The Hall–Kier alpha value is -3.48. The van der Waals surface area contributed by atoms with Crippen LogP contribution >= 0.6 is 0 Å². The van der Waals surface area contributed by atoms with Crippen LogP contribution in [0.5, 0.6) is 0 Å². The van der Waals surface area contributed by atoms with E-state index in [1.807, 2.05) is 37.3 Å². The molecular formula is C23H26N4O3. The van der Waals surface area contributed by atoms with Crippen molar-refractivity contribution in [1.29, 1.82) is 0 Å². The summed E-state index contributed by atoms with van der Waals surface area (Å²) in [5.74, 6) is -0.431. The molecule has 1 heterocycles. The number of rotatable bonds is 8. The molecule has 1 aromatic heterocycles. The number of carbonyl (C=O) groups excluding carboxylic acids is 2. The summed E-state index contributed by atoms with van der Waals surface area (Å²) in [6.07, 6.45) is 1.31. The lowest BCUT2D eigenvalue weighted by atomic mass is 10.1. The molecule has 7 nitrogen and oxygen atoms in total. The molecule has 0 unspecified atom stereocenters. The van der Waals surface area contributed by atoms with Crippen LogP contribution in [0, 0.1) is 0 Å². The van der Waals surface area contributed by atoms with E-state index in [0.717, 1.165) is 6.42 Å². The third-order valence-corrected chi connectivity index (χ3v) is 4.83. The summed E-state index contributed by atoms with van der Waals surface area (Å²) in [7, 11) is 0. The van der Waals surface area contributed by atoms with E-state index in [9.17, 15) is 14.4 Å². The first-order chi connectivity index (χ1) is 14.5. The Bertz CT molecular complexity index is 1100. The topological polar surface area (TPSA) is 93.1 Å². The number of hydrogen-bond acceptors (Lipinski definition) is 4. The number of aryl methyl sites for hydroxylation is 2. The van der Waals surface area contributed by atoms with E-state index in [1.54, 1.807) is 18.2 Å². The molecule has 30 heavy (non-hydrogen) atoms. The van der Waals surface area contributed by atoms with Crippen LogP contribution < -0.4 is 16.2 Å². The van der Waals surface area contributed by atoms with Gasteiger partial charge in [-0.3, -0.25) is 19.0 Å². The van der Waals surface area contributed by atoms with Gasteiger partial charge in [0.25, 0.3) is 5.56 Å². The van der Waals surface area contributed by atoms with Crippen LogP contribution in [0.1, 0.15) is 31.5 Å². The molecule has 2 aromatic carbocycles. The summed E-state index contributed by atoms with van der Waals surface area (Å²) in [5.41, 5.74) is 2.99. The van der Waals surface area contributed by atoms with Crippen LogP contribution in [0.25, 0.3) is 11.0 Å². The summed E-state index contributed by atoms with van der Waals surface area (Å²) in [5, 5.41) is 5.55. The molecule has 0 aliphatic carbocycles. The Morgan fingerprint density at radius 2 is 1.73 bits per heavy atom. The summed E-state index contributed by atoms with van der Waals surface area (Å²) < 4.78 is 1.42. The number of nitrogens with one attached hydrogen (secondary N) is 2. The largest absolute Gasteiger partial charge is 0.356 e. The van der Waals surface area contributed by atoms with Gasteiger partial charge in [-0.05, 0) is 43.2 Å². The van der Waals surface area contributed by atoms with E-state index in [4.69, 9.17) is 0 Å². The van der Waals surface area contributed by atoms with Crippen molar-refractivity contribution in [2.24, 2.45) is 0 Å². The second kappa shape index (κ2) is 9.82. The van der Waals surface area contributed by atoms with E-state index < -0.39 is 0 Å². The van der Waals surface area contributed by atoms with Crippen LogP contribution in [0.15, 0.2) is 53.3 Å². The zero-order chi connectivity index (χ0) is 21.5. The van der Waals surface area contributed by atoms with Crippen molar-refractivity contribution in [2.75, 3.05) is 11.9 Å². The van der Waals surface area contributed by atoms with Crippen LogP contribution in [-0.2, 0) is 29.0 Å². The van der Waals surface area contributed by atoms with Gasteiger partial charge < -0.3 is 10.6 Å². The maximum absolute atomic E-state index is 13.0. The highest BCUT2D eigenvalue weighted by Gasteiger charge is 2.15. The van der Waals surface area contributed by atoms with E-state index in [2.05, 4.69) is 22.5 Å². The summed E-state index contributed by atoms with van der Waals surface area (Å²) in [6.45, 7) is 4.31. The summed E-state index contributed by atoms with van der Waals surface area (Å²) in [6, 6.07) is 14.8. The van der Waals surface area contributed by atoms with Crippen molar-refractivity contribution in [3.8, 4) is 0 Å². The third-order valence-electron chi connectivity index (χ3n) is 4.83. The second-order valence-electron chi connectivity index (χ2n) is 6.99.